The molecule has 0 saturated carbocycles. The number of alkyl halides is 3. The summed E-state index contributed by atoms with van der Waals surface area (Å²) in [4.78, 5) is 0. The van der Waals surface area contributed by atoms with Crippen LogP contribution in [0.3, 0.4) is 0 Å². The molecule has 0 aliphatic rings. The summed E-state index contributed by atoms with van der Waals surface area (Å²) < 4.78 is 36.4. The Balaban J connectivity index is 4.13. The lowest BCUT2D eigenvalue weighted by atomic mass is 10.2. The highest BCUT2D eigenvalue weighted by atomic mass is 19.4. The molecule has 0 fully saturated rings. The van der Waals surface area contributed by atoms with Crippen LogP contribution < -0.4 is 5.32 Å². The van der Waals surface area contributed by atoms with Crippen molar-refractivity contribution in [3.05, 3.63) is 23.9 Å². The van der Waals surface area contributed by atoms with Gasteiger partial charge in [-0.25, -0.2) is 0 Å². The van der Waals surface area contributed by atoms with Gasteiger partial charge >= 0.3 is 6.18 Å². The van der Waals surface area contributed by atoms with Crippen molar-refractivity contribution in [2.75, 3.05) is 6.54 Å². The SMILES string of the molecule is CC#CCNC=C/C(=C\C)C(F)(F)F. The second-order valence-corrected chi connectivity index (χ2v) is 2.38. The minimum atomic E-state index is -4.29. The maximum absolute atomic E-state index is 12.1. The van der Waals surface area contributed by atoms with E-state index in [4.69, 9.17) is 0 Å². The Morgan fingerprint density at radius 2 is 2.07 bits per heavy atom. The van der Waals surface area contributed by atoms with Crippen molar-refractivity contribution in [3.8, 4) is 11.8 Å². The summed E-state index contributed by atoms with van der Waals surface area (Å²) in [5.74, 6) is 5.28. The number of hydrogen-bond acceptors (Lipinski definition) is 1. The van der Waals surface area contributed by atoms with E-state index >= 15 is 0 Å². The van der Waals surface area contributed by atoms with Crippen LogP contribution in [-0.4, -0.2) is 12.7 Å². The van der Waals surface area contributed by atoms with E-state index in [1.165, 1.54) is 13.1 Å². The fraction of sp³-hybridized carbons (Fsp3) is 0.400. The van der Waals surface area contributed by atoms with Gasteiger partial charge in [-0.2, -0.15) is 13.2 Å². The van der Waals surface area contributed by atoms with Crippen LogP contribution in [0, 0.1) is 11.8 Å². The number of halogens is 3. The van der Waals surface area contributed by atoms with E-state index < -0.39 is 11.7 Å². The number of allylic oxidation sites excluding steroid dienone is 3. The molecule has 0 atom stereocenters. The Bertz CT molecular complexity index is 276. The number of hydrogen-bond donors (Lipinski definition) is 1. The molecule has 0 unspecified atom stereocenters. The topological polar surface area (TPSA) is 12.0 Å². The maximum atomic E-state index is 12.1. The Morgan fingerprint density at radius 3 is 2.50 bits per heavy atom. The predicted molar refractivity (Wildman–Crippen MR) is 50.4 cm³/mol. The Morgan fingerprint density at radius 1 is 1.43 bits per heavy atom. The van der Waals surface area contributed by atoms with Gasteiger partial charge in [0.1, 0.15) is 0 Å². The zero-order chi connectivity index (χ0) is 11.0. The third-order valence-corrected chi connectivity index (χ3v) is 1.39. The van der Waals surface area contributed by atoms with Gasteiger partial charge < -0.3 is 5.32 Å². The highest BCUT2D eigenvalue weighted by Gasteiger charge is 2.30. The van der Waals surface area contributed by atoms with E-state index in [1.54, 1.807) is 6.92 Å². The summed E-state index contributed by atoms with van der Waals surface area (Å²) >= 11 is 0. The predicted octanol–water partition coefficient (Wildman–Crippen LogP) is 2.62. The molecule has 0 bridgehead atoms. The van der Waals surface area contributed by atoms with Crippen molar-refractivity contribution >= 4 is 0 Å². The molecule has 0 rings (SSSR count). The van der Waals surface area contributed by atoms with E-state index in [1.807, 2.05) is 0 Å². The van der Waals surface area contributed by atoms with Crippen molar-refractivity contribution in [2.24, 2.45) is 0 Å². The summed E-state index contributed by atoms with van der Waals surface area (Å²) in [5.41, 5.74) is -0.672. The van der Waals surface area contributed by atoms with E-state index in [2.05, 4.69) is 17.2 Å². The van der Waals surface area contributed by atoms with Crippen molar-refractivity contribution in [1.29, 1.82) is 0 Å². The van der Waals surface area contributed by atoms with Gasteiger partial charge in [-0.3, -0.25) is 0 Å². The van der Waals surface area contributed by atoms with Gasteiger partial charge in [-0.15, -0.1) is 5.92 Å². The summed E-state index contributed by atoms with van der Waals surface area (Å²) in [5, 5.41) is 2.63. The summed E-state index contributed by atoms with van der Waals surface area (Å²) in [6.07, 6.45) is -1.04. The largest absolute Gasteiger partial charge is 0.416 e. The quantitative estimate of drug-likeness (QED) is 0.422. The number of nitrogens with one attached hydrogen (secondary N) is 1. The highest BCUT2D eigenvalue weighted by Crippen LogP contribution is 2.25. The number of rotatable bonds is 3. The molecule has 1 nitrogen and oxygen atoms in total. The molecular formula is C10H12F3N. The first-order valence-electron chi connectivity index (χ1n) is 4.05. The van der Waals surface area contributed by atoms with Crippen molar-refractivity contribution in [2.45, 2.75) is 20.0 Å². The van der Waals surface area contributed by atoms with Crippen LogP contribution in [0.25, 0.3) is 0 Å². The van der Waals surface area contributed by atoms with Gasteiger partial charge in [0.15, 0.2) is 0 Å². The molecule has 0 spiro atoms. The van der Waals surface area contributed by atoms with Gasteiger partial charge in [0.05, 0.1) is 12.1 Å². The maximum Gasteiger partial charge on any atom is 0.416 e. The first-order valence-corrected chi connectivity index (χ1v) is 4.05. The molecule has 78 valence electrons. The van der Waals surface area contributed by atoms with Gasteiger partial charge in [0, 0.05) is 0 Å². The fourth-order valence-electron chi connectivity index (χ4n) is 0.701. The molecule has 1 N–H and O–H groups in total. The summed E-state index contributed by atoms with van der Waals surface area (Å²) in [7, 11) is 0. The average molecular weight is 203 g/mol. The smallest absolute Gasteiger partial charge is 0.380 e. The monoisotopic (exact) mass is 203 g/mol. The Labute approximate surface area is 81.7 Å². The average Bonchev–Trinajstić information content (AvgIpc) is 2.09. The minimum Gasteiger partial charge on any atom is -0.380 e. The molecule has 0 heterocycles. The zero-order valence-electron chi connectivity index (χ0n) is 8.07. The normalized spacial score (nSPS) is 12.5. The van der Waals surface area contributed by atoms with Crippen LogP contribution in [0.5, 0.6) is 0 Å². The van der Waals surface area contributed by atoms with Gasteiger partial charge in [0.25, 0.3) is 0 Å². The first-order chi connectivity index (χ1) is 6.52. The molecule has 4 heteroatoms. The second-order valence-electron chi connectivity index (χ2n) is 2.38. The standard InChI is InChI=1S/C10H12F3N/c1-3-5-7-14-8-6-9(4-2)10(11,12)13/h4,6,8,14H,7H2,1-2H3/b8-6?,9-4+. The summed E-state index contributed by atoms with van der Waals surface area (Å²) in [6.45, 7) is 3.36. The van der Waals surface area contributed by atoms with Crippen molar-refractivity contribution in [3.63, 3.8) is 0 Å². The van der Waals surface area contributed by atoms with Crippen LogP contribution in [0.15, 0.2) is 23.9 Å². The van der Waals surface area contributed by atoms with Crippen LogP contribution in [0.2, 0.25) is 0 Å². The van der Waals surface area contributed by atoms with Gasteiger partial charge in [0.2, 0.25) is 0 Å². The molecule has 0 aromatic heterocycles. The zero-order valence-corrected chi connectivity index (χ0v) is 8.07. The van der Waals surface area contributed by atoms with E-state index in [0.717, 1.165) is 12.2 Å². The molecule has 0 aromatic carbocycles. The summed E-state index contributed by atoms with van der Waals surface area (Å²) in [6, 6.07) is 0. The third kappa shape index (κ3) is 5.31. The molecule has 14 heavy (non-hydrogen) atoms. The van der Waals surface area contributed by atoms with E-state index in [-0.39, 0.29) is 0 Å². The minimum absolute atomic E-state index is 0.349. The van der Waals surface area contributed by atoms with Crippen molar-refractivity contribution < 1.29 is 13.2 Å². The molecule has 0 aromatic rings. The lowest BCUT2D eigenvalue weighted by Crippen LogP contribution is -2.11. The molecule has 0 saturated heterocycles. The fourth-order valence-corrected chi connectivity index (χ4v) is 0.701. The molecular weight excluding hydrogens is 191 g/mol. The van der Waals surface area contributed by atoms with E-state index in [9.17, 15) is 13.2 Å². The van der Waals surface area contributed by atoms with Crippen LogP contribution in [0.1, 0.15) is 13.8 Å². The van der Waals surface area contributed by atoms with Gasteiger partial charge in [-0.1, -0.05) is 12.0 Å². The Hall–Kier alpha value is -1.37. The molecule has 0 aliphatic carbocycles. The second kappa shape index (κ2) is 6.14. The lowest BCUT2D eigenvalue weighted by Gasteiger charge is -2.05. The molecule has 0 aliphatic heterocycles. The van der Waals surface area contributed by atoms with Crippen molar-refractivity contribution in [1.82, 2.24) is 5.32 Å². The molecule has 0 amide bonds. The molecule has 0 radical (unpaired) electrons. The third-order valence-electron chi connectivity index (χ3n) is 1.39. The van der Waals surface area contributed by atoms with Crippen LogP contribution in [0.4, 0.5) is 13.2 Å². The highest BCUT2D eigenvalue weighted by molar-refractivity contribution is 5.22. The van der Waals surface area contributed by atoms with Gasteiger partial charge in [-0.05, 0) is 26.1 Å². The first kappa shape index (κ1) is 12.6. The lowest BCUT2D eigenvalue weighted by molar-refractivity contribution is -0.0883. The Kier molecular flexibility index (Phi) is 5.54. The van der Waals surface area contributed by atoms with Crippen LogP contribution >= 0.6 is 0 Å². The van der Waals surface area contributed by atoms with E-state index in [0.29, 0.717) is 6.54 Å². The van der Waals surface area contributed by atoms with Crippen LogP contribution in [-0.2, 0) is 0 Å².